The average Bonchev–Trinajstić information content (AvgIpc) is 3.47. The van der Waals surface area contributed by atoms with Crippen LogP contribution >= 0.6 is 11.3 Å². The van der Waals surface area contributed by atoms with Gasteiger partial charge in [-0.2, -0.15) is 10.4 Å². The van der Waals surface area contributed by atoms with Crippen LogP contribution in [0.4, 0.5) is 5.69 Å². The molecule has 5 rings (SSSR count). The lowest BCUT2D eigenvalue weighted by molar-refractivity contribution is -0.384. The summed E-state index contributed by atoms with van der Waals surface area (Å²) in [4.78, 5) is 15.5. The zero-order valence-electron chi connectivity index (χ0n) is 17.1. The molecule has 5 aromatic rings. The molecule has 0 saturated carbocycles. The smallest absolute Gasteiger partial charge is 0.258 e. The summed E-state index contributed by atoms with van der Waals surface area (Å²) in [6, 6.07) is 25.8. The molecule has 0 spiro atoms. The molecule has 0 amide bonds. The number of benzene rings is 3. The number of allylic oxidation sites excluding steroid dienone is 1. The van der Waals surface area contributed by atoms with Crippen molar-refractivity contribution in [1.29, 1.82) is 5.26 Å². The lowest BCUT2D eigenvalue weighted by atomic mass is 10.1. The molecule has 33 heavy (non-hydrogen) atoms. The van der Waals surface area contributed by atoms with Crippen molar-refractivity contribution < 1.29 is 4.92 Å². The zero-order chi connectivity index (χ0) is 22.8. The van der Waals surface area contributed by atoms with Crippen LogP contribution in [0.5, 0.6) is 0 Å². The molecule has 2 aromatic heterocycles. The molecule has 0 atom stereocenters. The second-order valence-electron chi connectivity index (χ2n) is 7.18. The zero-order valence-corrected chi connectivity index (χ0v) is 17.9. The monoisotopic (exact) mass is 449 g/mol. The predicted molar refractivity (Wildman–Crippen MR) is 129 cm³/mol. The number of para-hydroxylation sites is 2. The third kappa shape index (κ3) is 4.01. The summed E-state index contributed by atoms with van der Waals surface area (Å²) in [5.41, 5.74) is 3.83. The first-order valence-electron chi connectivity index (χ1n) is 10.00. The van der Waals surface area contributed by atoms with Crippen molar-refractivity contribution in [2.45, 2.75) is 0 Å². The van der Waals surface area contributed by atoms with Gasteiger partial charge >= 0.3 is 0 Å². The number of hydrogen-bond donors (Lipinski definition) is 0. The standard InChI is InChI=1S/C25H15N5O2S/c26-15-18(25-27-22-11-4-5-12-23(22)33-25)13-19-16-29(20-8-2-1-3-9-20)28-24(19)17-7-6-10-21(14-17)30(31)32/h1-14,16H. The Morgan fingerprint density at radius 3 is 2.61 bits per heavy atom. The highest BCUT2D eigenvalue weighted by Crippen LogP contribution is 2.32. The van der Waals surface area contributed by atoms with Crippen LogP contribution in [0.2, 0.25) is 0 Å². The van der Waals surface area contributed by atoms with Crippen LogP contribution in [0.25, 0.3) is 38.8 Å². The normalized spacial score (nSPS) is 11.4. The predicted octanol–water partition coefficient (Wildman–Crippen LogP) is 6.12. The van der Waals surface area contributed by atoms with E-state index in [0.717, 1.165) is 15.9 Å². The number of aromatic nitrogens is 3. The maximum Gasteiger partial charge on any atom is 0.270 e. The molecule has 0 aliphatic rings. The summed E-state index contributed by atoms with van der Waals surface area (Å²) in [7, 11) is 0. The van der Waals surface area contributed by atoms with Crippen molar-refractivity contribution in [2.75, 3.05) is 0 Å². The van der Waals surface area contributed by atoms with Crippen molar-refractivity contribution in [3.63, 3.8) is 0 Å². The van der Waals surface area contributed by atoms with E-state index < -0.39 is 4.92 Å². The van der Waals surface area contributed by atoms with Gasteiger partial charge in [-0.3, -0.25) is 10.1 Å². The van der Waals surface area contributed by atoms with Crippen molar-refractivity contribution in [3.8, 4) is 23.0 Å². The summed E-state index contributed by atoms with van der Waals surface area (Å²) < 4.78 is 2.69. The van der Waals surface area contributed by atoms with Crippen molar-refractivity contribution in [1.82, 2.24) is 14.8 Å². The molecule has 0 unspecified atom stereocenters. The summed E-state index contributed by atoms with van der Waals surface area (Å²) in [6.45, 7) is 0. The third-order valence-corrected chi connectivity index (χ3v) is 6.11. The number of rotatable bonds is 5. The molecule has 8 heteroatoms. The van der Waals surface area contributed by atoms with Gasteiger partial charge in [-0.05, 0) is 30.3 Å². The van der Waals surface area contributed by atoms with E-state index in [1.54, 1.807) is 22.9 Å². The molecule has 7 nitrogen and oxygen atoms in total. The highest BCUT2D eigenvalue weighted by Gasteiger charge is 2.16. The van der Waals surface area contributed by atoms with Gasteiger partial charge in [-0.1, -0.05) is 42.5 Å². The SMILES string of the molecule is N#CC(=Cc1cn(-c2ccccc2)nc1-c1cccc([N+](=O)[O-])c1)c1nc2ccccc2s1. The molecule has 0 aliphatic carbocycles. The number of hydrogen-bond acceptors (Lipinski definition) is 6. The van der Waals surface area contributed by atoms with Crippen molar-refractivity contribution in [2.24, 2.45) is 0 Å². The van der Waals surface area contributed by atoms with Crippen LogP contribution in [0.3, 0.4) is 0 Å². The highest BCUT2D eigenvalue weighted by atomic mass is 32.1. The first-order valence-corrected chi connectivity index (χ1v) is 10.8. The van der Waals surface area contributed by atoms with Crippen molar-refractivity contribution >= 4 is 38.9 Å². The minimum Gasteiger partial charge on any atom is -0.258 e. The molecule has 0 N–H and O–H groups in total. The first-order chi connectivity index (χ1) is 16.1. The topological polar surface area (TPSA) is 97.6 Å². The van der Waals surface area contributed by atoms with Gasteiger partial charge in [0.1, 0.15) is 16.8 Å². The van der Waals surface area contributed by atoms with Crippen LogP contribution in [0.15, 0.2) is 85.1 Å². The molecule has 158 valence electrons. The van der Waals surface area contributed by atoms with Gasteiger partial charge in [-0.25, -0.2) is 9.67 Å². The number of nitro groups is 1. The fourth-order valence-corrected chi connectivity index (χ4v) is 4.41. The maximum absolute atomic E-state index is 11.3. The molecule has 2 heterocycles. The number of nitriles is 1. The fourth-order valence-electron chi connectivity index (χ4n) is 3.48. The first kappa shape index (κ1) is 20.3. The number of nitro benzene ring substituents is 1. The average molecular weight is 449 g/mol. The Labute approximate surface area is 192 Å². The molecule has 0 fully saturated rings. The summed E-state index contributed by atoms with van der Waals surface area (Å²) in [5.74, 6) is 0. The lowest BCUT2D eigenvalue weighted by Crippen LogP contribution is -1.94. The Morgan fingerprint density at radius 1 is 1.06 bits per heavy atom. The van der Waals surface area contributed by atoms with Crippen LogP contribution < -0.4 is 0 Å². The van der Waals surface area contributed by atoms with E-state index in [2.05, 4.69) is 11.1 Å². The Balaban J connectivity index is 1.68. The largest absolute Gasteiger partial charge is 0.270 e. The quantitative estimate of drug-likeness (QED) is 0.183. The van der Waals surface area contributed by atoms with E-state index in [1.807, 2.05) is 60.8 Å². The van der Waals surface area contributed by atoms with Crippen molar-refractivity contribution in [3.05, 3.63) is 106 Å². The van der Waals surface area contributed by atoms with Gasteiger partial charge in [-0.15, -0.1) is 11.3 Å². The minimum absolute atomic E-state index is 0.0247. The maximum atomic E-state index is 11.3. The van der Waals surface area contributed by atoms with Gasteiger partial charge in [0, 0.05) is 29.5 Å². The van der Waals surface area contributed by atoms with E-state index in [0.29, 0.717) is 27.4 Å². The number of thiazole rings is 1. The lowest BCUT2D eigenvalue weighted by Gasteiger charge is -2.01. The molecule has 0 bridgehead atoms. The summed E-state index contributed by atoms with van der Waals surface area (Å²) in [6.07, 6.45) is 3.55. The van der Waals surface area contributed by atoms with Gasteiger partial charge in [0.2, 0.25) is 0 Å². The van der Waals surface area contributed by atoms with E-state index in [4.69, 9.17) is 5.10 Å². The molecular formula is C25H15N5O2S. The molecule has 0 aliphatic heterocycles. The van der Waals surface area contributed by atoms with Crippen LogP contribution in [-0.4, -0.2) is 19.7 Å². The summed E-state index contributed by atoms with van der Waals surface area (Å²) >= 11 is 1.44. The highest BCUT2D eigenvalue weighted by molar-refractivity contribution is 7.19. The Kier molecular flexibility index (Phi) is 5.23. The molecular weight excluding hydrogens is 434 g/mol. The van der Waals surface area contributed by atoms with Gasteiger partial charge in [0.25, 0.3) is 5.69 Å². The number of nitrogens with zero attached hydrogens (tertiary/aromatic N) is 5. The van der Waals surface area contributed by atoms with Crippen LogP contribution in [0.1, 0.15) is 10.6 Å². The summed E-state index contributed by atoms with van der Waals surface area (Å²) in [5, 5.41) is 26.5. The van der Waals surface area contributed by atoms with E-state index >= 15 is 0 Å². The minimum atomic E-state index is -0.435. The third-order valence-electron chi connectivity index (χ3n) is 5.04. The van der Waals surface area contributed by atoms with Crippen LogP contribution in [0, 0.1) is 21.4 Å². The molecule has 0 radical (unpaired) electrons. The Morgan fingerprint density at radius 2 is 1.85 bits per heavy atom. The van der Waals surface area contributed by atoms with E-state index in [-0.39, 0.29) is 5.69 Å². The Hall–Kier alpha value is -4.61. The number of non-ortho nitro benzene ring substituents is 1. The Bertz CT molecular complexity index is 1530. The second kappa shape index (κ2) is 8.49. The second-order valence-corrected chi connectivity index (χ2v) is 8.21. The van der Waals surface area contributed by atoms with Gasteiger partial charge in [0.05, 0.1) is 26.4 Å². The molecule has 3 aromatic carbocycles. The van der Waals surface area contributed by atoms with Gasteiger partial charge in [0.15, 0.2) is 0 Å². The van der Waals surface area contributed by atoms with Gasteiger partial charge < -0.3 is 0 Å². The van der Waals surface area contributed by atoms with Crippen LogP contribution in [-0.2, 0) is 0 Å². The van der Waals surface area contributed by atoms with E-state index in [1.165, 1.54) is 23.5 Å². The number of fused-ring (bicyclic) bond motifs is 1. The van der Waals surface area contributed by atoms with E-state index in [9.17, 15) is 15.4 Å². The molecule has 0 saturated heterocycles. The fraction of sp³-hybridized carbons (Fsp3) is 0.